The van der Waals surface area contributed by atoms with Crippen molar-refractivity contribution >= 4 is 16.9 Å². The van der Waals surface area contributed by atoms with Crippen LogP contribution in [0.3, 0.4) is 0 Å². The monoisotopic (exact) mass is 393 g/mol. The van der Waals surface area contributed by atoms with Gasteiger partial charge in [0.05, 0.1) is 37.5 Å². The van der Waals surface area contributed by atoms with Gasteiger partial charge in [0.15, 0.2) is 0 Å². The lowest BCUT2D eigenvalue weighted by molar-refractivity contribution is -0.132. The zero-order chi connectivity index (χ0) is 20.4. The van der Waals surface area contributed by atoms with Crippen LogP contribution in [0.5, 0.6) is 11.5 Å². The fourth-order valence-corrected chi connectivity index (χ4v) is 3.99. The van der Waals surface area contributed by atoms with Crippen LogP contribution in [-0.2, 0) is 11.3 Å². The maximum absolute atomic E-state index is 13.2. The molecule has 7 nitrogen and oxygen atoms in total. The largest absolute Gasteiger partial charge is 0.497 e. The van der Waals surface area contributed by atoms with Crippen molar-refractivity contribution in [2.24, 2.45) is 0 Å². The average Bonchev–Trinajstić information content (AvgIpc) is 3.25. The molecular weight excluding hydrogens is 370 g/mol. The zero-order valence-electron chi connectivity index (χ0n) is 16.5. The minimum absolute atomic E-state index is 0.0170. The van der Waals surface area contributed by atoms with Crippen LogP contribution in [-0.4, -0.2) is 41.1 Å². The highest BCUT2D eigenvalue weighted by molar-refractivity contribution is 5.80. The Morgan fingerprint density at radius 1 is 1.17 bits per heavy atom. The fraction of sp³-hybridized carbons (Fsp3) is 0.318. The van der Waals surface area contributed by atoms with Gasteiger partial charge < -0.3 is 14.4 Å². The average molecular weight is 393 g/mol. The van der Waals surface area contributed by atoms with E-state index in [1.54, 1.807) is 14.2 Å². The molecule has 1 aliphatic heterocycles. The Hall–Kier alpha value is -3.35. The number of amides is 1. The first-order valence-corrected chi connectivity index (χ1v) is 9.58. The van der Waals surface area contributed by atoms with E-state index in [1.165, 1.54) is 10.8 Å². The molecule has 2 heterocycles. The van der Waals surface area contributed by atoms with Crippen LogP contribution >= 0.6 is 0 Å². The van der Waals surface area contributed by atoms with E-state index in [0.717, 1.165) is 18.4 Å². The number of fused-ring (bicyclic) bond motifs is 1. The van der Waals surface area contributed by atoms with Gasteiger partial charge in [-0.2, -0.15) is 0 Å². The third-order valence-corrected chi connectivity index (χ3v) is 5.42. The van der Waals surface area contributed by atoms with E-state index in [0.29, 0.717) is 29.1 Å². The molecular formula is C22H23N3O4. The van der Waals surface area contributed by atoms with E-state index < -0.39 is 0 Å². The Balaban J connectivity index is 1.65. The van der Waals surface area contributed by atoms with Crippen molar-refractivity contribution in [3.8, 4) is 11.5 Å². The molecule has 1 unspecified atom stereocenters. The lowest BCUT2D eigenvalue weighted by atomic mass is 10.0. The summed E-state index contributed by atoms with van der Waals surface area (Å²) in [5.74, 6) is 1.31. The van der Waals surface area contributed by atoms with Crippen LogP contribution in [0.25, 0.3) is 11.0 Å². The highest BCUT2D eigenvalue weighted by Gasteiger charge is 2.32. The number of ether oxygens (including phenoxy) is 2. The number of likely N-dealkylation sites (tertiary alicyclic amines) is 1. The summed E-state index contributed by atoms with van der Waals surface area (Å²) in [4.78, 5) is 31.6. The maximum Gasteiger partial charge on any atom is 0.269 e. The summed E-state index contributed by atoms with van der Waals surface area (Å²) in [6.07, 6.45) is 3.02. The number of nitrogens with zero attached hydrogens (tertiary/aromatic N) is 3. The molecule has 29 heavy (non-hydrogen) atoms. The topological polar surface area (TPSA) is 73.7 Å². The van der Waals surface area contributed by atoms with E-state index in [1.807, 2.05) is 47.4 Å². The molecule has 0 aliphatic carbocycles. The molecule has 1 aliphatic rings. The first-order valence-electron chi connectivity index (χ1n) is 9.58. The fourth-order valence-electron chi connectivity index (χ4n) is 3.99. The van der Waals surface area contributed by atoms with Crippen molar-refractivity contribution in [2.75, 3.05) is 20.8 Å². The molecule has 0 spiro atoms. The van der Waals surface area contributed by atoms with Crippen LogP contribution in [0.1, 0.15) is 24.4 Å². The molecule has 1 atom stereocenters. The number of methoxy groups -OCH3 is 2. The molecule has 1 amide bonds. The van der Waals surface area contributed by atoms with Crippen LogP contribution in [0, 0.1) is 0 Å². The highest BCUT2D eigenvalue weighted by atomic mass is 16.5. The molecule has 7 heteroatoms. The maximum atomic E-state index is 13.2. The second-order valence-electron chi connectivity index (χ2n) is 7.02. The van der Waals surface area contributed by atoms with Crippen LogP contribution in [0.15, 0.2) is 53.5 Å². The molecule has 0 bridgehead atoms. The number of hydrogen-bond acceptors (Lipinski definition) is 5. The predicted octanol–water partition coefficient (Wildman–Crippen LogP) is 2.78. The molecule has 1 saturated heterocycles. The van der Waals surface area contributed by atoms with E-state index in [9.17, 15) is 9.59 Å². The normalized spacial score (nSPS) is 16.2. The van der Waals surface area contributed by atoms with E-state index in [2.05, 4.69) is 4.98 Å². The molecule has 150 valence electrons. The molecule has 2 aromatic carbocycles. The lowest BCUT2D eigenvalue weighted by Gasteiger charge is -2.27. The Morgan fingerprint density at radius 3 is 2.79 bits per heavy atom. The van der Waals surface area contributed by atoms with Gasteiger partial charge >= 0.3 is 0 Å². The number of para-hydroxylation sites is 2. The lowest BCUT2D eigenvalue weighted by Crippen LogP contribution is -2.36. The third-order valence-electron chi connectivity index (χ3n) is 5.42. The molecule has 3 aromatic rings. The van der Waals surface area contributed by atoms with Gasteiger partial charge in [-0.3, -0.25) is 14.2 Å². The summed E-state index contributed by atoms with van der Waals surface area (Å²) >= 11 is 0. The molecule has 1 aromatic heterocycles. The molecule has 0 saturated carbocycles. The van der Waals surface area contributed by atoms with Gasteiger partial charge in [-0.1, -0.05) is 12.1 Å². The van der Waals surface area contributed by atoms with Gasteiger partial charge in [0.1, 0.15) is 18.0 Å². The molecule has 0 N–H and O–H groups in total. The van der Waals surface area contributed by atoms with Crippen molar-refractivity contribution in [2.45, 2.75) is 25.4 Å². The summed E-state index contributed by atoms with van der Waals surface area (Å²) in [6, 6.07) is 12.9. The second kappa shape index (κ2) is 7.95. The quantitative estimate of drug-likeness (QED) is 0.666. The van der Waals surface area contributed by atoms with Gasteiger partial charge in [-0.05, 0) is 37.1 Å². The Labute approximate surface area is 168 Å². The van der Waals surface area contributed by atoms with Crippen LogP contribution < -0.4 is 15.0 Å². The molecule has 4 rings (SSSR count). The van der Waals surface area contributed by atoms with Gasteiger partial charge in [0.2, 0.25) is 5.91 Å². The summed E-state index contributed by atoms with van der Waals surface area (Å²) in [6.45, 7) is 0.632. The standard InChI is InChI=1S/C22H23N3O4/c1-28-15-9-10-16(20(12-15)29-2)18-8-5-11-24(18)22(27)14-25-19-7-4-3-6-17(19)23-13-21(25)26/h3-4,6-7,9-10,12-13,18H,5,8,11,14H2,1-2H3. The van der Waals surface area contributed by atoms with E-state index in [4.69, 9.17) is 9.47 Å². The Morgan fingerprint density at radius 2 is 2.00 bits per heavy atom. The van der Waals surface area contributed by atoms with E-state index >= 15 is 0 Å². The van der Waals surface area contributed by atoms with E-state index in [-0.39, 0.29) is 24.1 Å². The van der Waals surface area contributed by atoms with Crippen molar-refractivity contribution in [3.63, 3.8) is 0 Å². The summed E-state index contributed by atoms with van der Waals surface area (Å²) in [7, 11) is 3.22. The summed E-state index contributed by atoms with van der Waals surface area (Å²) in [5.41, 5.74) is 2.02. The van der Waals surface area contributed by atoms with Crippen LogP contribution in [0.4, 0.5) is 0 Å². The van der Waals surface area contributed by atoms with Gasteiger partial charge in [-0.25, -0.2) is 4.98 Å². The number of aromatic nitrogens is 2. The second-order valence-corrected chi connectivity index (χ2v) is 7.02. The van der Waals surface area contributed by atoms with Crippen LogP contribution in [0.2, 0.25) is 0 Å². The Kier molecular flexibility index (Phi) is 5.20. The van der Waals surface area contributed by atoms with Gasteiger partial charge in [0.25, 0.3) is 5.56 Å². The van der Waals surface area contributed by atoms with Crippen molar-refractivity contribution in [1.82, 2.24) is 14.5 Å². The van der Waals surface area contributed by atoms with Crippen molar-refractivity contribution < 1.29 is 14.3 Å². The third kappa shape index (κ3) is 3.55. The van der Waals surface area contributed by atoms with Gasteiger partial charge in [-0.15, -0.1) is 0 Å². The smallest absolute Gasteiger partial charge is 0.269 e. The minimum Gasteiger partial charge on any atom is -0.497 e. The highest BCUT2D eigenvalue weighted by Crippen LogP contribution is 2.38. The first kappa shape index (κ1) is 19.0. The minimum atomic E-state index is -0.283. The number of rotatable bonds is 5. The van der Waals surface area contributed by atoms with Crippen molar-refractivity contribution in [3.05, 3.63) is 64.6 Å². The number of hydrogen-bond donors (Lipinski definition) is 0. The predicted molar refractivity (Wildman–Crippen MR) is 109 cm³/mol. The number of carbonyl (C=O) groups is 1. The first-order chi connectivity index (χ1) is 14.1. The number of carbonyl (C=O) groups excluding carboxylic acids is 1. The summed E-state index contributed by atoms with van der Waals surface area (Å²) < 4.78 is 12.3. The zero-order valence-corrected chi connectivity index (χ0v) is 16.5. The SMILES string of the molecule is COc1ccc(C2CCCN2C(=O)Cn2c(=O)cnc3ccccc32)c(OC)c1. The van der Waals surface area contributed by atoms with Gasteiger partial charge in [0, 0.05) is 18.2 Å². The van der Waals surface area contributed by atoms with Crippen molar-refractivity contribution in [1.29, 1.82) is 0 Å². The molecule has 0 radical (unpaired) electrons. The summed E-state index contributed by atoms with van der Waals surface area (Å²) in [5, 5.41) is 0. The number of benzene rings is 2. The molecule has 1 fully saturated rings. The Bertz CT molecular complexity index is 1110.